The molecule has 2 rings (SSSR count). The number of aromatic carboxylic acids is 1. The summed E-state index contributed by atoms with van der Waals surface area (Å²) in [5.74, 6) is -2.31. The fourth-order valence-electron chi connectivity index (χ4n) is 1.84. The molecule has 2 aromatic rings. The number of alkyl halides is 3. The van der Waals surface area contributed by atoms with E-state index in [2.05, 4.69) is 0 Å². The predicted octanol–water partition coefficient (Wildman–Crippen LogP) is 4.05. The molecular formula is C13H8ClF4NO2. The van der Waals surface area contributed by atoms with Crippen molar-refractivity contribution in [3.05, 3.63) is 58.1 Å². The van der Waals surface area contributed by atoms with Crippen LogP contribution in [-0.4, -0.2) is 15.6 Å². The first kappa shape index (κ1) is 15.4. The van der Waals surface area contributed by atoms with Crippen molar-refractivity contribution in [3.8, 4) is 0 Å². The molecule has 0 amide bonds. The van der Waals surface area contributed by atoms with Crippen LogP contribution in [0.25, 0.3) is 0 Å². The number of nitrogens with zero attached hydrogens (tertiary/aromatic N) is 1. The SMILES string of the molecule is O=C(O)c1cn(Cc2ccc(F)c(Cl)c2)cc1C(F)(F)F. The van der Waals surface area contributed by atoms with Crippen LogP contribution in [-0.2, 0) is 12.7 Å². The lowest BCUT2D eigenvalue weighted by Gasteiger charge is -2.05. The van der Waals surface area contributed by atoms with Crippen molar-refractivity contribution in [1.82, 2.24) is 4.57 Å². The first-order valence-corrected chi connectivity index (χ1v) is 6.00. The molecule has 1 N–H and O–H groups in total. The third-order valence-electron chi connectivity index (χ3n) is 2.76. The van der Waals surface area contributed by atoms with Gasteiger partial charge < -0.3 is 9.67 Å². The van der Waals surface area contributed by atoms with E-state index in [9.17, 15) is 22.4 Å². The molecule has 0 radical (unpaired) electrons. The molecule has 0 aliphatic carbocycles. The molecule has 3 nitrogen and oxygen atoms in total. The molecule has 1 aromatic carbocycles. The summed E-state index contributed by atoms with van der Waals surface area (Å²) in [7, 11) is 0. The molecule has 0 aliphatic heterocycles. The smallest absolute Gasteiger partial charge is 0.418 e. The second-order valence-corrected chi connectivity index (χ2v) is 4.72. The first-order chi connectivity index (χ1) is 9.68. The molecule has 0 atom stereocenters. The molecule has 21 heavy (non-hydrogen) atoms. The molecule has 1 aromatic heterocycles. The van der Waals surface area contributed by atoms with E-state index in [1.54, 1.807) is 0 Å². The summed E-state index contributed by atoms with van der Waals surface area (Å²) in [6.07, 6.45) is -3.19. The zero-order chi connectivity index (χ0) is 15.8. The van der Waals surface area contributed by atoms with Gasteiger partial charge in [-0.05, 0) is 17.7 Å². The zero-order valence-electron chi connectivity index (χ0n) is 10.3. The quantitative estimate of drug-likeness (QED) is 0.867. The number of hydrogen-bond acceptors (Lipinski definition) is 1. The van der Waals surface area contributed by atoms with Gasteiger partial charge in [-0.15, -0.1) is 0 Å². The van der Waals surface area contributed by atoms with Gasteiger partial charge in [0.25, 0.3) is 0 Å². The third-order valence-corrected chi connectivity index (χ3v) is 3.05. The van der Waals surface area contributed by atoms with E-state index in [0.717, 1.165) is 16.8 Å². The van der Waals surface area contributed by atoms with Gasteiger partial charge in [-0.1, -0.05) is 17.7 Å². The maximum Gasteiger partial charge on any atom is 0.418 e. The number of rotatable bonds is 3. The minimum Gasteiger partial charge on any atom is -0.478 e. The summed E-state index contributed by atoms with van der Waals surface area (Å²) in [6.45, 7) is -0.0592. The monoisotopic (exact) mass is 321 g/mol. The zero-order valence-corrected chi connectivity index (χ0v) is 11.0. The molecule has 112 valence electrons. The summed E-state index contributed by atoms with van der Waals surface area (Å²) in [5, 5.41) is 8.65. The van der Waals surface area contributed by atoms with Gasteiger partial charge in [0.15, 0.2) is 0 Å². The first-order valence-electron chi connectivity index (χ1n) is 5.62. The summed E-state index contributed by atoms with van der Waals surface area (Å²) in [5.41, 5.74) is -1.62. The summed E-state index contributed by atoms with van der Waals surface area (Å²) in [6, 6.07) is 3.71. The number of carbonyl (C=O) groups is 1. The molecule has 8 heteroatoms. The second-order valence-electron chi connectivity index (χ2n) is 4.31. The van der Waals surface area contributed by atoms with Gasteiger partial charge in [0.05, 0.1) is 16.1 Å². The molecule has 0 saturated carbocycles. The number of hydrogen-bond donors (Lipinski definition) is 1. The van der Waals surface area contributed by atoms with E-state index in [0.29, 0.717) is 11.8 Å². The summed E-state index contributed by atoms with van der Waals surface area (Å²) < 4.78 is 52.3. The van der Waals surface area contributed by atoms with Crippen molar-refractivity contribution in [2.45, 2.75) is 12.7 Å². The molecule has 1 heterocycles. The van der Waals surface area contributed by atoms with Crippen molar-refractivity contribution in [3.63, 3.8) is 0 Å². The van der Waals surface area contributed by atoms with Gasteiger partial charge in [-0.3, -0.25) is 0 Å². The van der Waals surface area contributed by atoms with Crippen LogP contribution in [0.1, 0.15) is 21.5 Å². The maximum absolute atomic E-state index is 13.0. The van der Waals surface area contributed by atoms with E-state index >= 15 is 0 Å². The van der Waals surface area contributed by atoms with Crippen molar-refractivity contribution in [1.29, 1.82) is 0 Å². The van der Waals surface area contributed by atoms with Crippen LogP contribution in [0, 0.1) is 5.82 Å². The Balaban J connectivity index is 2.37. The number of benzene rings is 1. The van der Waals surface area contributed by atoms with Crippen LogP contribution < -0.4 is 0 Å². The minimum atomic E-state index is -4.76. The Hall–Kier alpha value is -2.02. The van der Waals surface area contributed by atoms with Crippen molar-refractivity contribution in [2.75, 3.05) is 0 Å². The molecule has 0 aliphatic rings. The van der Waals surface area contributed by atoms with Crippen LogP contribution in [0.2, 0.25) is 5.02 Å². The third kappa shape index (κ3) is 3.36. The van der Waals surface area contributed by atoms with Crippen LogP contribution >= 0.6 is 11.6 Å². The van der Waals surface area contributed by atoms with E-state index in [1.165, 1.54) is 12.1 Å². The lowest BCUT2D eigenvalue weighted by molar-refractivity contribution is -0.138. The normalized spacial score (nSPS) is 11.7. The Morgan fingerprint density at radius 1 is 1.29 bits per heavy atom. The van der Waals surface area contributed by atoms with Gasteiger partial charge in [0.1, 0.15) is 5.82 Å². The highest BCUT2D eigenvalue weighted by Gasteiger charge is 2.36. The van der Waals surface area contributed by atoms with Gasteiger partial charge in [-0.2, -0.15) is 13.2 Å². The molecular weight excluding hydrogens is 314 g/mol. The summed E-state index contributed by atoms with van der Waals surface area (Å²) in [4.78, 5) is 10.8. The van der Waals surface area contributed by atoms with Crippen LogP contribution in [0.4, 0.5) is 17.6 Å². The van der Waals surface area contributed by atoms with Crippen molar-refractivity contribution in [2.24, 2.45) is 0 Å². The highest BCUT2D eigenvalue weighted by atomic mass is 35.5. The standard InChI is InChI=1S/C13H8ClF4NO2/c14-10-3-7(1-2-11(10)15)4-19-5-8(12(20)21)9(6-19)13(16,17)18/h1-3,5-6H,4H2,(H,20,21). The number of halogens is 5. The van der Waals surface area contributed by atoms with Crippen LogP contribution in [0.5, 0.6) is 0 Å². The molecule has 0 unspecified atom stereocenters. The Labute approximate surface area is 121 Å². The van der Waals surface area contributed by atoms with E-state index in [-0.39, 0.29) is 11.6 Å². The maximum atomic E-state index is 13.0. The Bertz CT molecular complexity index is 694. The summed E-state index contributed by atoms with van der Waals surface area (Å²) >= 11 is 5.58. The average molecular weight is 322 g/mol. The van der Waals surface area contributed by atoms with Crippen molar-refractivity contribution < 1.29 is 27.5 Å². The number of carboxylic acids is 1. The molecule has 0 bridgehead atoms. The van der Waals surface area contributed by atoms with Gasteiger partial charge >= 0.3 is 12.1 Å². The Morgan fingerprint density at radius 3 is 2.43 bits per heavy atom. The number of carboxylic acid groups (broad SMARTS) is 1. The van der Waals surface area contributed by atoms with E-state index in [4.69, 9.17) is 16.7 Å². The van der Waals surface area contributed by atoms with Crippen molar-refractivity contribution >= 4 is 17.6 Å². The molecule has 0 spiro atoms. The topological polar surface area (TPSA) is 42.2 Å². The molecule has 0 fully saturated rings. The average Bonchev–Trinajstić information content (AvgIpc) is 2.78. The van der Waals surface area contributed by atoms with Crippen LogP contribution in [0.15, 0.2) is 30.6 Å². The lowest BCUT2D eigenvalue weighted by Crippen LogP contribution is -2.09. The highest BCUT2D eigenvalue weighted by Crippen LogP contribution is 2.33. The lowest BCUT2D eigenvalue weighted by atomic mass is 10.2. The fourth-order valence-corrected chi connectivity index (χ4v) is 2.05. The van der Waals surface area contributed by atoms with Gasteiger partial charge in [0, 0.05) is 18.9 Å². The largest absolute Gasteiger partial charge is 0.478 e. The molecule has 0 saturated heterocycles. The second kappa shape index (κ2) is 5.40. The van der Waals surface area contributed by atoms with Gasteiger partial charge in [0.2, 0.25) is 0 Å². The fraction of sp³-hybridized carbons (Fsp3) is 0.154. The number of aromatic nitrogens is 1. The van der Waals surface area contributed by atoms with E-state index in [1.807, 2.05) is 0 Å². The van der Waals surface area contributed by atoms with Crippen LogP contribution in [0.3, 0.4) is 0 Å². The van der Waals surface area contributed by atoms with E-state index < -0.39 is 29.1 Å². The Morgan fingerprint density at radius 2 is 1.95 bits per heavy atom. The van der Waals surface area contributed by atoms with Gasteiger partial charge in [-0.25, -0.2) is 9.18 Å². The Kier molecular flexibility index (Phi) is 3.95. The minimum absolute atomic E-state index is 0.0592. The highest BCUT2D eigenvalue weighted by molar-refractivity contribution is 6.30. The predicted molar refractivity (Wildman–Crippen MR) is 66.9 cm³/mol.